The molecule has 0 atom stereocenters. The van der Waals surface area contributed by atoms with Crippen LogP contribution in [0.3, 0.4) is 0 Å². The van der Waals surface area contributed by atoms with Gasteiger partial charge in [-0.2, -0.15) is 0 Å². The second-order valence-corrected chi connectivity index (χ2v) is 6.62. The Balaban J connectivity index is 1.79. The molecule has 0 heterocycles. The highest BCUT2D eigenvalue weighted by atomic mass is 32.1. The van der Waals surface area contributed by atoms with Gasteiger partial charge in [-0.05, 0) is 56.8 Å². The molecule has 2 N–H and O–H groups in total. The molecule has 0 saturated carbocycles. The van der Waals surface area contributed by atoms with Gasteiger partial charge in [-0.1, -0.05) is 17.7 Å². The summed E-state index contributed by atoms with van der Waals surface area (Å²) in [5.41, 5.74) is 3.35. The highest BCUT2D eigenvalue weighted by Crippen LogP contribution is 2.28. The third kappa shape index (κ3) is 6.32. The molecule has 2 rings (SSSR count). The number of nitrogens with one attached hydrogen (secondary N) is 2. The molecule has 0 unspecified atom stereocenters. The number of ether oxygens (including phenoxy) is 2. The van der Waals surface area contributed by atoms with Crippen LogP contribution < -0.4 is 25.0 Å². The minimum atomic E-state index is 0.580. The van der Waals surface area contributed by atoms with Crippen molar-refractivity contribution in [1.29, 1.82) is 0 Å². The number of nitrogens with zero attached hydrogens (tertiary/aromatic N) is 1. The van der Waals surface area contributed by atoms with Gasteiger partial charge in [-0.3, -0.25) is 0 Å². The maximum absolute atomic E-state index is 5.40. The van der Waals surface area contributed by atoms with Crippen LogP contribution in [-0.2, 0) is 0 Å². The van der Waals surface area contributed by atoms with Crippen LogP contribution in [0.15, 0.2) is 42.5 Å². The molecule has 0 aliphatic heterocycles. The predicted octanol–water partition coefficient (Wildman–Crippen LogP) is 4.22. The standard InChI is InChI=1S/C21H29N3O2S/c1-5-24(17-9-7-16(2)8-10-17)14-6-13-22-21(27)23-19-12-11-18(25-3)15-20(19)26-4/h7-12,15H,5-6,13-14H2,1-4H3,(H2,22,23,27). The zero-order valence-corrected chi connectivity index (χ0v) is 17.4. The highest BCUT2D eigenvalue weighted by molar-refractivity contribution is 7.80. The van der Waals surface area contributed by atoms with Crippen LogP contribution in [0.2, 0.25) is 0 Å². The van der Waals surface area contributed by atoms with Gasteiger partial charge in [-0.25, -0.2) is 0 Å². The molecule has 2 aromatic rings. The Labute approximate surface area is 167 Å². The van der Waals surface area contributed by atoms with Gasteiger partial charge in [-0.15, -0.1) is 0 Å². The fraction of sp³-hybridized carbons (Fsp3) is 0.381. The van der Waals surface area contributed by atoms with Gasteiger partial charge in [0.2, 0.25) is 0 Å². The first-order valence-corrected chi connectivity index (χ1v) is 9.56. The van der Waals surface area contributed by atoms with Crippen molar-refractivity contribution in [3.05, 3.63) is 48.0 Å². The van der Waals surface area contributed by atoms with Crippen molar-refractivity contribution in [2.45, 2.75) is 20.3 Å². The molecular weight excluding hydrogens is 358 g/mol. The first kappa shape index (κ1) is 20.8. The van der Waals surface area contributed by atoms with Crippen molar-refractivity contribution in [3.8, 4) is 11.5 Å². The summed E-state index contributed by atoms with van der Waals surface area (Å²) < 4.78 is 10.6. The summed E-state index contributed by atoms with van der Waals surface area (Å²) in [5.74, 6) is 1.43. The van der Waals surface area contributed by atoms with Crippen LogP contribution in [-0.4, -0.2) is 39.0 Å². The van der Waals surface area contributed by atoms with Crippen LogP contribution in [0.5, 0.6) is 11.5 Å². The molecule has 0 aliphatic rings. The number of benzene rings is 2. The minimum absolute atomic E-state index is 0.580. The van der Waals surface area contributed by atoms with Crippen molar-refractivity contribution < 1.29 is 9.47 Å². The lowest BCUT2D eigenvalue weighted by Crippen LogP contribution is -2.32. The Kier molecular flexibility index (Phi) is 8.20. The molecule has 27 heavy (non-hydrogen) atoms. The molecule has 0 amide bonds. The minimum Gasteiger partial charge on any atom is -0.497 e. The summed E-state index contributed by atoms with van der Waals surface area (Å²) >= 11 is 5.40. The topological polar surface area (TPSA) is 45.8 Å². The third-order valence-corrected chi connectivity index (χ3v) is 4.57. The SMILES string of the molecule is CCN(CCCNC(=S)Nc1ccc(OC)cc1OC)c1ccc(C)cc1. The van der Waals surface area contributed by atoms with E-state index in [4.69, 9.17) is 21.7 Å². The summed E-state index contributed by atoms with van der Waals surface area (Å²) in [5, 5.41) is 7.02. The largest absolute Gasteiger partial charge is 0.497 e. The second-order valence-electron chi connectivity index (χ2n) is 6.22. The van der Waals surface area contributed by atoms with Crippen molar-refractivity contribution in [2.75, 3.05) is 44.1 Å². The first-order chi connectivity index (χ1) is 13.1. The third-order valence-electron chi connectivity index (χ3n) is 4.33. The molecule has 0 fully saturated rings. The Bertz CT molecular complexity index is 735. The van der Waals surface area contributed by atoms with Crippen LogP contribution in [0.1, 0.15) is 18.9 Å². The Morgan fingerprint density at radius 3 is 2.44 bits per heavy atom. The fourth-order valence-electron chi connectivity index (χ4n) is 2.77. The molecule has 6 heteroatoms. The molecule has 5 nitrogen and oxygen atoms in total. The number of thiocarbonyl (C=S) groups is 1. The second kappa shape index (κ2) is 10.6. The van der Waals surface area contributed by atoms with Crippen molar-refractivity contribution >= 4 is 28.7 Å². The molecule has 146 valence electrons. The van der Waals surface area contributed by atoms with Gasteiger partial charge in [0.25, 0.3) is 0 Å². The van der Waals surface area contributed by atoms with Crippen LogP contribution in [0, 0.1) is 6.92 Å². The van der Waals surface area contributed by atoms with Gasteiger partial charge in [0.05, 0.1) is 19.9 Å². The van der Waals surface area contributed by atoms with E-state index < -0.39 is 0 Å². The zero-order chi connectivity index (χ0) is 19.6. The van der Waals surface area contributed by atoms with Crippen molar-refractivity contribution in [3.63, 3.8) is 0 Å². The van der Waals surface area contributed by atoms with E-state index in [1.165, 1.54) is 11.3 Å². The van der Waals surface area contributed by atoms with Crippen molar-refractivity contribution in [2.24, 2.45) is 0 Å². The van der Waals surface area contributed by atoms with E-state index in [0.717, 1.165) is 37.5 Å². The quantitative estimate of drug-likeness (QED) is 0.496. The molecular formula is C21H29N3O2S. The van der Waals surface area contributed by atoms with Gasteiger partial charge < -0.3 is 25.0 Å². The van der Waals surface area contributed by atoms with Crippen LogP contribution in [0.4, 0.5) is 11.4 Å². The number of rotatable bonds is 9. The predicted molar refractivity (Wildman–Crippen MR) is 117 cm³/mol. The first-order valence-electron chi connectivity index (χ1n) is 9.15. The maximum Gasteiger partial charge on any atom is 0.170 e. The summed E-state index contributed by atoms with van der Waals surface area (Å²) in [6, 6.07) is 14.2. The van der Waals surface area contributed by atoms with E-state index in [1.807, 2.05) is 18.2 Å². The lowest BCUT2D eigenvalue weighted by molar-refractivity contribution is 0.395. The molecule has 0 aliphatic carbocycles. The lowest BCUT2D eigenvalue weighted by Gasteiger charge is -2.23. The van der Waals surface area contributed by atoms with E-state index in [0.29, 0.717) is 10.9 Å². The highest BCUT2D eigenvalue weighted by Gasteiger charge is 2.07. The van der Waals surface area contributed by atoms with Gasteiger partial charge in [0.1, 0.15) is 11.5 Å². The van der Waals surface area contributed by atoms with Gasteiger partial charge >= 0.3 is 0 Å². The zero-order valence-electron chi connectivity index (χ0n) is 16.5. The van der Waals surface area contributed by atoms with Crippen LogP contribution >= 0.6 is 12.2 Å². The Hall–Kier alpha value is -2.47. The molecule has 0 radical (unpaired) electrons. The van der Waals surface area contributed by atoms with Gasteiger partial charge in [0.15, 0.2) is 5.11 Å². The number of hydrogen-bond acceptors (Lipinski definition) is 4. The molecule has 0 aromatic heterocycles. The maximum atomic E-state index is 5.40. The Morgan fingerprint density at radius 1 is 1.07 bits per heavy atom. The lowest BCUT2D eigenvalue weighted by atomic mass is 10.2. The summed E-state index contributed by atoms with van der Waals surface area (Å²) in [6.07, 6.45) is 0.989. The number of hydrogen-bond donors (Lipinski definition) is 2. The van der Waals surface area contributed by atoms with E-state index in [-0.39, 0.29) is 0 Å². The summed E-state index contributed by atoms with van der Waals surface area (Å²) in [7, 11) is 3.26. The molecule has 0 bridgehead atoms. The van der Waals surface area contributed by atoms with Gasteiger partial charge in [0, 0.05) is 31.4 Å². The summed E-state index contributed by atoms with van der Waals surface area (Å²) in [6.45, 7) is 7.04. The molecule has 0 saturated heterocycles. The van der Waals surface area contributed by atoms with E-state index in [9.17, 15) is 0 Å². The number of methoxy groups -OCH3 is 2. The molecule has 2 aromatic carbocycles. The monoisotopic (exact) mass is 387 g/mol. The molecule has 0 spiro atoms. The average Bonchev–Trinajstić information content (AvgIpc) is 2.69. The van der Waals surface area contributed by atoms with E-state index in [2.05, 4.69) is 53.6 Å². The normalized spacial score (nSPS) is 10.2. The van der Waals surface area contributed by atoms with E-state index >= 15 is 0 Å². The van der Waals surface area contributed by atoms with E-state index in [1.54, 1.807) is 14.2 Å². The Morgan fingerprint density at radius 2 is 1.81 bits per heavy atom. The smallest absolute Gasteiger partial charge is 0.170 e. The average molecular weight is 388 g/mol. The fourth-order valence-corrected chi connectivity index (χ4v) is 2.98. The van der Waals surface area contributed by atoms with Crippen molar-refractivity contribution in [1.82, 2.24) is 5.32 Å². The van der Waals surface area contributed by atoms with Crippen LogP contribution in [0.25, 0.3) is 0 Å². The summed E-state index contributed by atoms with van der Waals surface area (Å²) in [4.78, 5) is 2.37. The number of aryl methyl sites for hydroxylation is 1. The number of anilines is 2.